The molecule has 374 valence electrons. The molecule has 0 N–H and O–H groups in total. The average Bonchev–Trinajstić information content (AvgIpc) is 2.21. The van der Waals surface area contributed by atoms with Crippen LogP contribution in [0, 0.1) is 136 Å². The van der Waals surface area contributed by atoms with E-state index in [4.69, 9.17) is 29.9 Å². The molecule has 18 nitrogen and oxygen atoms in total. The van der Waals surface area contributed by atoms with Crippen molar-refractivity contribution in [2.24, 2.45) is 0 Å². The highest BCUT2D eigenvalue weighted by Crippen LogP contribution is 2.42. The number of nitriles is 12. The summed E-state index contributed by atoms with van der Waals surface area (Å²) in [6.07, 6.45) is 4.85. The number of aromatic nitrogens is 6. The molecule has 0 fully saturated rings. The second-order valence-electron chi connectivity index (χ2n) is 17.5. The summed E-state index contributed by atoms with van der Waals surface area (Å²) < 4.78 is 0. The summed E-state index contributed by atoms with van der Waals surface area (Å²) in [5.41, 5.74) is 4.03. The molecule has 1 aliphatic rings. The van der Waals surface area contributed by atoms with E-state index in [1.54, 1.807) is 42.5 Å². The van der Waals surface area contributed by atoms with E-state index in [9.17, 15) is 63.1 Å². The Morgan fingerprint density at radius 1 is 0.329 bits per heavy atom. The van der Waals surface area contributed by atoms with Crippen LogP contribution in [0.3, 0.4) is 0 Å². The molecule has 0 radical (unpaired) electrons. The smallest absolute Gasteiger partial charge is 0.120 e. The Labute approximate surface area is 467 Å². The van der Waals surface area contributed by atoms with Crippen molar-refractivity contribution in [3.8, 4) is 118 Å². The summed E-state index contributed by atoms with van der Waals surface area (Å²) in [6, 6.07) is 47.2. The fourth-order valence-corrected chi connectivity index (χ4v) is 9.19. The molecule has 0 atom stereocenters. The van der Waals surface area contributed by atoms with Gasteiger partial charge in [-0.2, -0.15) is 63.1 Å². The summed E-state index contributed by atoms with van der Waals surface area (Å²) in [5, 5.41) is 121. The summed E-state index contributed by atoms with van der Waals surface area (Å²) in [4.78, 5) is 31.9. The zero-order valence-corrected chi connectivity index (χ0v) is 42.9. The third kappa shape index (κ3) is 9.46. The van der Waals surface area contributed by atoms with Crippen molar-refractivity contribution in [1.29, 1.82) is 63.1 Å². The second-order valence-corrected chi connectivity index (χ2v) is 17.5. The highest BCUT2D eigenvalue weighted by atomic mass is 14.9. The summed E-state index contributed by atoms with van der Waals surface area (Å²) in [7, 11) is 0. The summed E-state index contributed by atoms with van der Waals surface area (Å²) in [6.45, 7) is 4.00. The van der Waals surface area contributed by atoms with E-state index < -0.39 is 0 Å². The van der Waals surface area contributed by atoms with Crippen molar-refractivity contribution in [2.75, 3.05) is 0 Å². The van der Waals surface area contributed by atoms with Gasteiger partial charge < -0.3 is 0 Å². The van der Waals surface area contributed by atoms with Crippen LogP contribution in [-0.4, -0.2) is 29.9 Å². The number of nitrogens with zero attached hydrogens (tertiary/aromatic N) is 18. The van der Waals surface area contributed by atoms with Gasteiger partial charge in [0, 0.05) is 28.7 Å². The Morgan fingerprint density at radius 3 is 0.963 bits per heavy atom. The van der Waals surface area contributed by atoms with E-state index in [-0.39, 0.29) is 147 Å². The quantitative estimate of drug-likeness (QED) is 0.134. The van der Waals surface area contributed by atoms with Crippen LogP contribution in [0.25, 0.3) is 83.7 Å². The molecule has 3 aromatic heterocycles. The molecule has 0 saturated carbocycles. The molecule has 0 spiro atoms. The van der Waals surface area contributed by atoms with Crippen LogP contribution in [0.15, 0.2) is 120 Å². The van der Waals surface area contributed by atoms with E-state index in [1.165, 1.54) is 66.7 Å². The number of fused-ring (bicyclic) bond motifs is 6. The minimum absolute atomic E-state index is 0.00186. The van der Waals surface area contributed by atoms with Gasteiger partial charge in [-0.05, 0) is 90.4 Å². The van der Waals surface area contributed by atoms with Gasteiger partial charge in [0.05, 0.1) is 101 Å². The maximum Gasteiger partial charge on any atom is 0.120 e. The maximum atomic E-state index is 10.4. The first-order valence-electron chi connectivity index (χ1n) is 24.5. The van der Waals surface area contributed by atoms with Gasteiger partial charge in [-0.3, -0.25) is 0 Å². The molecule has 1 aliphatic carbocycles. The Balaban J connectivity index is 0.00000401. The predicted molar refractivity (Wildman–Crippen MR) is 295 cm³/mol. The zero-order valence-electron chi connectivity index (χ0n) is 42.9. The van der Waals surface area contributed by atoms with Gasteiger partial charge in [0.15, 0.2) is 0 Å². The SMILES string of the molecule is CC.N#CC1=C(C#N)C=C(c2nc3c(nc2Cc2ccc(C#N)c(C#N)c2)c2nc(-c4ccc(C#N)c(C#N)c4)c(-c4ccc(C#N)c(C#N)c4)nc2c2nc(-c4ccc(C#N)c(C#N)c4)c(-c4ccc(C#N)c(C#N)c4)nc32)CC=C1. The van der Waals surface area contributed by atoms with E-state index in [0.29, 0.717) is 33.4 Å². The monoisotopic (exact) mass is 1050 g/mol. The molecule has 6 aromatic carbocycles. The van der Waals surface area contributed by atoms with Crippen LogP contribution < -0.4 is 0 Å². The number of benzene rings is 6. The predicted octanol–water partition coefficient (Wildman–Crippen LogP) is 11.2. The fourth-order valence-electron chi connectivity index (χ4n) is 9.19. The van der Waals surface area contributed by atoms with Crippen LogP contribution in [0.4, 0.5) is 0 Å². The Morgan fingerprint density at radius 2 is 0.634 bits per heavy atom. The minimum Gasteiger partial charge on any atom is -0.246 e. The van der Waals surface area contributed by atoms with E-state index in [2.05, 4.69) is 42.5 Å². The molecule has 82 heavy (non-hydrogen) atoms. The Kier molecular flexibility index (Phi) is 14.8. The lowest BCUT2D eigenvalue weighted by atomic mass is 9.96. The molecule has 0 aliphatic heterocycles. The Bertz CT molecular complexity index is 4990. The van der Waals surface area contributed by atoms with Gasteiger partial charge in [-0.25, -0.2) is 29.9 Å². The molecule has 18 heteroatoms. The first-order chi connectivity index (χ1) is 40.1. The molecule has 0 bridgehead atoms. The van der Waals surface area contributed by atoms with Crippen molar-refractivity contribution >= 4 is 38.7 Å². The molecule has 0 unspecified atom stereocenters. The maximum absolute atomic E-state index is 10.4. The van der Waals surface area contributed by atoms with Crippen molar-refractivity contribution < 1.29 is 0 Å². The molecule has 0 saturated heterocycles. The first-order valence-corrected chi connectivity index (χ1v) is 24.5. The van der Waals surface area contributed by atoms with Crippen molar-refractivity contribution in [3.05, 3.63) is 193 Å². The normalized spacial score (nSPS) is 11.1. The van der Waals surface area contributed by atoms with Crippen molar-refractivity contribution in [2.45, 2.75) is 26.7 Å². The summed E-state index contributed by atoms with van der Waals surface area (Å²) in [5.74, 6) is 0. The third-order valence-corrected chi connectivity index (χ3v) is 13.0. The van der Waals surface area contributed by atoms with E-state index >= 15 is 0 Å². The van der Waals surface area contributed by atoms with Gasteiger partial charge in [-0.1, -0.05) is 50.3 Å². The van der Waals surface area contributed by atoms with Crippen molar-refractivity contribution in [1.82, 2.24) is 29.9 Å². The molecular weight excluding hydrogens is 1020 g/mol. The zero-order chi connectivity index (χ0) is 58.2. The second kappa shape index (κ2) is 22.7. The molecule has 9 aromatic rings. The van der Waals surface area contributed by atoms with E-state index in [1.807, 2.05) is 44.2 Å². The largest absolute Gasteiger partial charge is 0.246 e. The van der Waals surface area contributed by atoms with Crippen molar-refractivity contribution in [3.63, 3.8) is 0 Å². The van der Waals surface area contributed by atoms with Crippen LogP contribution in [-0.2, 0) is 6.42 Å². The van der Waals surface area contributed by atoms with Gasteiger partial charge in [0.25, 0.3) is 0 Å². The molecule has 10 rings (SSSR count). The lowest BCUT2D eigenvalue weighted by Gasteiger charge is -2.18. The van der Waals surface area contributed by atoms with Crippen LogP contribution >= 0.6 is 0 Å². The highest BCUT2D eigenvalue weighted by Gasteiger charge is 2.28. The van der Waals surface area contributed by atoms with E-state index in [0.717, 1.165) is 0 Å². The third-order valence-electron chi connectivity index (χ3n) is 13.0. The number of hydrogen-bond acceptors (Lipinski definition) is 18. The molecular formula is C64H28N18. The topological polar surface area (TPSA) is 363 Å². The first kappa shape index (κ1) is 53.3. The number of rotatable bonds is 7. The van der Waals surface area contributed by atoms with Gasteiger partial charge in [0.2, 0.25) is 0 Å². The van der Waals surface area contributed by atoms with Gasteiger partial charge >= 0.3 is 0 Å². The Hall–Kier alpha value is -13.6. The molecule has 0 amide bonds. The highest BCUT2D eigenvalue weighted by molar-refractivity contribution is 6.19. The van der Waals surface area contributed by atoms with Crippen LogP contribution in [0.1, 0.15) is 92.9 Å². The lowest BCUT2D eigenvalue weighted by molar-refractivity contribution is 1.04. The fraction of sp³-hybridized carbons (Fsp3) is 0.0625. The van der Waals surface area contributed by atoms with Gasteiger partial charge in [0.1, 0.15) is 106 Å². The standard InChI is InChI=1S/C62H22N18.C2H6/c63-21-39-3-1-2-34(16-46(39)28-70)52-51(15-33-4-5-40(22-64)45(14-33)27-69)75-57-58(76-52)60-62(80-56(38-9-13-44(26-68)50(20-38)32-74)55(78-60)37-8-12-43(25-67)49(19-37)31-73)61-59(57)77-53(35-6-10-41(23-65)47(17-35)29-71)54(79-61)36-7-11-42(24-66)48(18-36)30-72;1-2/h1,3-14,16-20H,2,15H2;1-2H3. The van der Waals surface area contributed by atoms with Gasteiger partial charge in [-0.15, -0.1) is 0 Å². The van der Waals surface area contributed by atoms with Crippen LogP contribution in [0.2, 0.25) is 0 Å². The minimum atomic E-state index is -0.0321. The van der Waals surface area contributed by atoms with Crippen LogP contribution in [0.5, 0.6) is 0 Å². The number of allylic oxidation sites excluding steroid dienone is 6. The number of hydrogen-bond donors (Lipinski definition) is 0. The lowest BCUT2D eigenvalue weighted by Crippen LogP contribution is -2.08. The molecule has 3 heterocycles. The average molecular weight is 1050 g/mol. The summed E-state index contributed by atoms with van der Waals surface area (Å²) >= 11 is 0.